The van der Waals surface area contributed by atoms with Gasteiger partial charge in [-0.25, -0.2) is 0 Å². The van der Waals surface area contributed by atoms with E-state index in [0.29, 0.717) is 24.8 Å². The molecule has 0 radical (unpaired) electrons. The lowest BCUT2D eigenvalue weighted by molar-refractivity contribution is -0.235. The Hall–Kier alpha value is -2.06. The Labute approximate surface area is 350 Å². The van der Waals surface area contributed by atoms with Gasteiger partial charge in [-0.1, -0.05) is 91.6 Å². The molecule has 5 aliphatic carbocycles. The van der Waals surface area contributed by atoms with Crippen molar-refractivity contribution < 1.29 is 24.2 Å². The summed E-state index contributed by atoms with van der Waals surface area (Å²) in [6.07, 6.45) is 7.77. The number of rotatable bonds is 13. The van der Waals surface area contributed by atoms with Crippen molar-refractivity contribution in [3.8, 4) is 0 Å². The van der Waals surface area contributed by atoms with E-state index >= 15 is 0 Å². The largest absolute Gasteiger partial charge is 0.462 e. The molecule has 0 saturated heterocycles. The molecular weight excluding hydrogens is 732 g/mol. The Balaban J connectivity index is 1.29. The summed E-state index contributed by atoms with van der Waals surface area (Å²) >= 11 is 6.25. The number of hydrogen-bond donors (Lipinski definition) is 1. The highest BCUT2D eigenvalue weighted by molar-refractivity contribution is 6.30. The second-order valence-corrected chi connectivity index (χ2v) is 22.4. The number of Topliss-reactive ketones (excluding diaryl/α,β-unsaturated/α-hetero) is 2. The van der Waals surface area contributed by atoms with E-state index in [1.807, 2.05) is 26.0 Å². The first kappa shape index (κ1) is 44.5. The fourth-order valence-electron chi connectivity index (χ4n) is 13.8. The summed E-state index contributed by atoms with van der Waals surface area (Å²) in [5, 5.41) is 13.4. The predicted molar refractivity (Wildman–Crippen MR) is 230 cm³/mol. The van der Waals surface area contributed by atoms with Gasteiger partial charge in [0.05, 0.1) is 12.5 Å². The quantitative estimate of drug-likeness (QED) is 0.199. The molecule has 4 fully saturated rings. The van der Waals surface area contributed by atoms with E-state index in [4.69, 9.17) is 16.3 Å². The summed E-state index contributed by atoms with van der Waals surface area (Å²) in [5.74, 6) is 1.29. The number of nitrogens with zero attached hydrogens (tertiary/aromatic N) is 2. The first-order valence-electron chi connectivity index (χ1n) is 22.2. The normalized spacial score (nSPS) is 35.5. The lowest BCUT2D eigenvalue weighted by atomic mass is 9.33. The van der Waals surface area contributed by atoms with Crippen LogP contribution >= 0.6 is 11.6 Å². The highest BCUT2D eigenvalue weighted by Crippen LogP contribution is 2.77. The standard InChI is InChI=1S/C49H75ClN2O5/c1-31(2)42-36(54)27-49(39(55)30-52(26-25-51(11)12)29-33-13-15-34(50)16-14-33)24-23-47(9)35(43(42)49)17-18-38-46(8)21-20-40(57-41(56)28-44(4,5)32(3)53)45(6,7)37(46)19-22-48(38,47)10/h13-16,31,35,37-40,55H,17-30H2,1-12H3. The number of carbonyl (C=O) groups is 3. The van der Waals surface area contributed by atoms with E-state index < -0.39 is 16.9 Å². The third-order valence-corrected chi connectivity index (χ3v) is 17.7. The van der Waals surface area contributed by atoms with E-state index in [1.54, 1.807) is 6.92 Å². The summed E-state index contributed by atoms with van der Waals surface area (Å²) in [6, 6.07) is 8.04. The van der Waals surface area contributed by atoms with E-state index in [2.05, 4.69) is 84.5 Å². The maximum atomic E-state index is 14.3. The number of carbonyl (C=O) groups excluding carboxylic acids is 3. The van der Waals surface area contributed by atoms with Crippen LogP contribution in [0.4, 0.5) is 0 Å². The zero-order valence-electron chi connectivity index (χ0n) is 37.5. The second kappa shape index (κ2) is 15.8. The first-order chi connectivity index (χ1) is 26.4. The SMILES string of the molecule is CC(=O)C(C)(C)CC(=O)OC1CCC2(C)C(CCC3(C)C2CCC2C4=C(C(C)C)C(=O)CC4(C(O)CN(CCN(C)C)Cc4ccc(Cl)cc4)CCC23C)C1(C)C. The molecule has 0 aliphatic heterocycles. The molecule has 57 heavy (non-hydrogen) atoms. The fourth-order valence-corrected chi connectivity index (χ4v) is 13.9. The van der Waals surface area contributed by atoms with Crippen LogP contribution in [0.1, 0.15) is 139 Å². The van der Waals surface area contributed by atoms with Crippen molar-refractivity contribution >= 4 is 29.1 Å². The number of likely N-dealkylation sites (N-methyl/N-ethyl adjacent to an activating group) is 1. The summed E-state index contributed by atoms with van der Waals surface area (Å²) < 4.78 is 6.31. The number of ketones is 2. The number of allylic oxidation sites excluding steroid dienone is 1. The molecule has 0 amide bonds. The van der Waals surface area contributed by atoms with Gasteiger partial charge in [0, 0.05) is 53.9 Å². The average Bonchev–Trinajstić information content (AvgIpc) is 3.42. The van der Waals surface area contributed by atoms with Crippen LogP contribution in [0, 0.1) is 56.2 Å². The maximum absolute atomic E-state index is 14.3. The number of halogens is 1. The monoisotopic (exact) mass is 807 g/mol. The third-order valence-electron chi connectivity index (χ3n) is 17.5. The molecular formula is C49H75ClN2O5. The van der Waals surface area contributed by atoms with Gasteiger partial charge in [0.25, 0.3) is 0 Å². The number of aliphatic hydroxyl groups is 1. The number of fused-ring (bicyclic) bond motifs is 7. The van der Waals surface area contributed by atoms with Gasteiger partial charge in [-0.2, -0.15) is 0 Å². The third kappa shape index (κ3) is 7.65. The smallest absolute Gasteiger partial charge is 0.307 e. The van der Waals surface area contributed by atoms with Crippen LogP contribution in [-0.4, -0.2) is 78.4 Å². The fraction of sp³-hybridized carbons (Fsp3) is 0.776. The molecule has 1 aromatic rings. The number of benzene rings is 1. The number of aliphatic hydroxyl groups excluding tert-OH is 1. The Morgan fingerprint density at radius 3 is 2.19 bits per heavy atom. The van der Waals surface area contributed by atoms with Gasteiger partial charge in [-0.3, -0.25) is 19.3 Å². The van der Waals surface area contributed by atoms with Crippen LogP contribution in [0.2, 0.25) is 5.02 Å². The predicted octanol–water partition coefficient (Wildman–Crippen LogP) is 9.96. The first-order valence-corrected chi connectivity index (χ1v) is 22.6. The number of hydrogen-bond acceptors (Lipinski definition) is 7. The molecule has 0 heterocycles. The minimum atomic E-state index is -0.726. The van der Waals surface area contributed by atoms with Crippen molar-refractivity contribution in [3.63, 3.8) is 0 Å². The van der Waals surface area contributed by atoms with Crippen molar-refractivity contribution in [2.45, 2.75) is 152 Å². The Morgan fingerprint density at radius 1 is 0.912 bits per heavy atom. The van der Waals surface area contributed by atoms with Crippen molar-refractivity contribution in [3.05, 3.63) is 46.0 Å². The molecule has 6 rings (SSSR count). The minimum absolute atomic E-state index is 0.00709. The number of esters is 1. The van der Waals surface area contributed by atoms with Crippen LogP contribution < -0.4 is 0 Å². The van der Waals surface area contributed by atoms with Gasteiger partial charge in [0.2, 0.25) is 0 Å². The van der Waals surface area contributed by atoms with E-state index in [9.17, 15) is 19.5 Å². The highest BCUT2D eigenvalue weighted by atomic mass is 35.5. The second-order valence-electron chi connectivity index (χ2n) is 22.0. The topological polar surface area (TPSA) is 87.1 Å². The van der Waals surface area contributed by atoms with Crippen molar-refractivity contribution in [2.75, 3.05) is 33.7 Å². The molecule has 4 saturated carbocycles. The summed E-state index contributed by atoms with van der Waals surface area (Å²) in [6.45, 7) is 24.9. The van der Waals surface area contributed by atoms with Gasteiger partial charge < -0.3 is 14.7 Å². The molecule has 1 N–H and O–H groups in total. The molecule has 0 spiro atoms. The van der Waals surface area contributed by atoms with Crippen molar-refractivity contribution in [1.82, 2.24) is 9.80 Å². The van der Waals surface area contributed by atoms with E-state index in [1.165, 1.54) is 11.1 Å². The molecule has 1 aromatic carbocycles. The molecule has 0 aromatic heterocycles. The van der Waals surface area contributed by atoms with Crippen LogP contribution in [0.15, 0.2) is 35.4 Å². The van der Waals surface area contributed by atoms with Crippen LogP contribution in [0.25, 0.3) is 0 Å². The van der Waals surface area contributed by atoms with Crippen LogP contribution in [-0.2, 0) is 25.7 Å². The Kier molecular flexibility index (Phi) is 12.3. The Bertz CT molecular complexity index is 1730. The summed E-state index contributed by atoms with van der Waals surface area (Å²) in [4.78, 5) is 44.4. The van der Waals surface area contributed by atoms with Crippen LogP contribution in [0.5, 0.6) is 0 Å². The average molecular weight is 808 g/mol. The molecule has 7 nitrogen and oxygen atoms in total. The zero-order chi connectivity index (χ0) is 42.1. The molecule has 5 aliphatic rings. The van der Waals surface area contributed by atoms with Crippen molar-refractivity contribution in [2.24, 2.45) is 56.2 Å². The lowest BCUT2D eigenvalue weighted by Crippen LogP contribution is -2.66. The van der Waals surface area contributed by atoms with E-state index in [0.717, 1.165) is 81.6 Å². The molecule has 9 atom stereocenters. The zero-order valence-corrected chi connectivity index (χ0v) is 38.3. The molecule has 318 valence electrons. The summed E-state index contributed by atoms with van der Waals surface area (Å²) in [5.41, 5.74) is 2.20. The lowest BCUT2D eigenvalue weighted by Gasteiger charge is -2.72. The van der Waals surface area contributed by atoms with Gasteiger partial charge in [-0.05, 0) is 136 Å². The number of ether oxygens (including phenoxy) is 1. The maximum Gasteiger partial charge on any atom is 0.307 e. The Morgan fingerprint density at radius 2 is 1.58 bits per heavy atom. The highest BCUT2D eigenvalue weighted by Gasteiger charge is 2.71. The van der Waals surface area contributed by atoms with Crippen molar-refractivity contribution in [1.29, 1.82) is 0 Å². The summed E-state index contributed by atoms with van der Waals surface area (Å²) in [7, 11) is 4.18. The molecule has 9 unspecified atom stereocenters. The van der Waals surface area contributed by atoms with Gasteiger partial charge >= 0.3 is 5.97 Å². The molecule has 8 heteroatoms. The van der Waals surface area contributed by atoms with Gasteiger partial charge in [0.15, 0.2) is 5.78 Å². The molecule has 0 bridgehead atoms. The van der Waals surface area contributed by atoms with Crippen LogP contribution in [0.3, 0.4) is 0 Å². The van der Waals surface area contributed by atoms with Gasteiger partial charge in [0.1, 0.15) is 11.9 Å². The van der Waals surface area contributed by atoms with E-state index in [-0.39, 0.29) is 63.6 Å². The minimum Gasteiger partial charge on any atom is -0.462 e. The van der Waals surface area contributed by atoms with Gasteiger partial charge in [-0.15, -0.1) is 0 Å².